The SMILES string of the molecule is COc1cc(N)ccc1NC(=O)Cc1ccc(F)cc1F. The van der Waals surface area contributed by atoms with Crippen molar-refractivity contribution >= 4 is 17.3 Å². The molecule has 2 rings (SSSR count). The van der Waals surface area contributed by atoms with Gasteiger partial charge in [0.25, 0.3) is 0 Å². The second-order valence-electron chi connectivity index (χ2n) is 4.42. The van der Waals surface area contributed by atoms with Gasteiger partial charge in [0.2, 0.25) is 5.91 Å². The minimum Gasteiger partial charge on any atom is -0.494 e. The molecule has 0 aliphatic heterocycles. The summed E-state index contributed by atoms with van der Waals surface area (Å²) in [5.74, 6) is -1.47. The van der Waals surface area contributed by atoms with Crippen LogP contribution < -0.4 is 15.8 Å². The van der Waals surface area contributed by atoms with E-state index in [4.69, 9.17) is 10.5 Å². The van der Waals surface area contributed by atoms with Gasteiger partial charge in [0.1, 0.15) is 17.4 Å². The first-order chi connectivity index (χ1) is 9.99. The number of nitrogen functional groups attached to an aromatic ring is 1. The van der Waals surface area contributed by atoms with E-state index >= 15 is 0 Å². The number of carbonyl (C=O) groups is 1. The van der Waals surface area contributed by atoms with Crippen LogP contribution >= 0.6 is 0 Å². The number of carbonyl (C=O) groups excluding carboxylic acids is 1. The number of benzene rings is 2. The highest BCUT2D eigenvalue weighted by Gasteiger charge is 2.11. The average molecular weight is 292 g/mol. The van der Waals surface area contributed by atoms with E-state index in [0.29, 0.717) is 17.1 Å². The summed E-state index contributed by atoms with van der Waals surface area (Å²) < 4.78 is 31.4. The highest BCUT2D eigenvalue weighted by atomic mass is 19.1. The summed E-state index contributed by atoms with van der Waals surface area (Å²) in [6.07, 6.45) is -0.209. The lowest BCUT2D eigenvalue weighted by Crippen LogP contribution is -2.16. The Morgan fingerprint density at radius 2 is 2.00 bits per heavy atom. The smallest absolute Gasteiger partial charge is 0.229 e. The number of nitrogens with one attached hydrogen (secondary N) is 1. The maximum Gasteiger partial charge on any atom is 0.229 e. The van der Waals surface area contributed by atoms with Crippen molar-refractivity contribution in [3.8, 4) is 5.75 Å². The van der Waals surface area contributed by atoms with E-state index in [1.54, 1.807) is 18.2 Å². The molecule has 0 bridgehead atoms. The van der Waals surface area contributed by atoms with E-state index < -0.39 is 17.5 Å². The number of rotatable bonds is 4. The van der Waals surface area contributed by atoms with E-state index in [-0.39, 0.29) is 12.0 Å². The first-order valence-corrected chi connectivity index (χ1v) is 6.17. The van der Waals surface area contributed by atoms with Gasteiger partial charge in [0, 0.05) is 17.8 Å². The van der Waals surface area contributed by atoms with Crippen molar-refractivity contribution in [2.75, 3.05) is 18.2 Å². The van der Waals surface area contributed by atoms with Gasteiger partial charge >= 0.3 is 0 Å². The number of anilines is 2. The molecule has 110 valence electrons. The Balaban J connectivity index is 2.11. The van der Waals surface area contributed by atoms with Crippen LogP contribution in [0.2, 0.25) is 0 Å². The molecule has 0 heterocycles. The maximum atomic E-state index is 13.5. The normalized spacial score (nSPS) is 10.2. The van der Waals surface area contributed by atoms with Crippen LogP contribution in [0.1, 0.15) is 5.56 Å². The lowest BCUT2D eigenvalue weighted by atomic mass is 10.1. The van der Waals surface area contributed by atoms with Crippen LogP contribution in [0.25, 0.3) is 0 Å². The molecule has 1 amide bonds. The molecule has 0 fully saturated rings. The van der Waals surface area contributed by atoms with Crippen LogP contribution in [0.4, 0.5) is 20.2 Å². The quantitative estimate of drug-likeness (QED) is 0.852. The first-order valence-electron chi connectivity index (χ1n) is 6.17. The molecule has 0 unspecified atom stereocenters. The summed E-state index contributed by atoms with van der Waals surface area (Å²) >= 11 is 0. The summed E-state index contributed by atoms with van der Waals surface area (Å²) in [7, 11) is 1.45. The van der Waals surface area contributed by atoms with Crippen LogP contribution in [0, 0.1) is 11.6 Å². The Bertz CT molecular complexity index is 675. The van der Waals surface area contributed by atoms with Crippen LogP contribution in [0.3, 0.4) is 0 Å². The molecule has 0 spiro atoms. The molecular weight excluding hydrogens is 278 g/mol. The Morgan fingerprint density at radius 1 is 1.24 bits per heavy atom. The molecule has 0 aliphatic rings. The average Bonchev–Trinajstić information content (AvgIpc) is 2.44. The van der Waals surface area contributed by atoms with Gasteiger partial charge in [0.15, 0.2) is 0 Å². The molecule has 2 aromatic rings. The highest BCUT2D eigenvalue weighted by molar-refractivity contribution is 5.94. The van der Waals surface area contributed by atoms with Crippen molar-refractivity contribution in [3.05, 3.63) is 53.6 Å². The standard InChI is InChI=1S/C15H14F2N2O2/c1-21-14-8-11(18)4-5-13(14)19-15(20)6-9-2-3-10(16)7-12(9)17/h2-5,7-8H,6,18H2,1H3,(H,19,20). The minimum absolute atomic E-state index is 0.114. The first kappa shape index (κ1) is 14.8. The van der Waals surface area contributed by atoms with Crippen molar-refractivity contribution < 1.29 is 18.3 Å². The minimum atomic E-state index is -0.755. The summed E-state index contributed by atoms with van der Waals surface area (Å²) in [6, 6.07) is 7.85. The molecule has 0 saturated carbocycles. The zero-order valence-corrected chi connectivity index (χ0v) is 11.3. The maximum absolute atomic E-state index is 13.5. The number of ether oxygens (including phenoxy) is 1. The van der Waals surface area contributed by atoms with Crippen LogP contribution in [0.15, 0.2) is 36.4 Å². The van der Waals surface area contributed by atoms with Gasteiger partial charge in [0.05, 0.1) is 19.2 Å². The van der Waals surface area contributed by atoms with Crippen molar-refractivity contribution in [1.29, 1.82) is 0 Å². The summed E-state index contributed by atoms with van der Waals surface area (Å²) in [5.41, 5.74) is 6.65. The van der Waals surface area contributed by atoms with Crippen LogP contribution in [0.5, 0.6) is 5.75 Å². The van der Waals surface area contributed by atoms with Crippen molar-refractivity contribution in [2.45, 2.75) is 6.42 Å². The van der Waals surface area contributed by atoms with E-state index in [2.05, 4.69) is 5.32 Å². The van der Waals surface area contributed by atoms with Gasteiger partial charge < -0.3 is 15.8 Å². The molecule has 21 heavy (non-hydrogen) atoms. The third kappa shape index (κ3) is 3.68. The van der Waals surface area contributed by atoms with Gasteiger partial charge in [-0.1, -0.05) is 6.07 Å². The van der Waals surface area contributed by atoms with E-state index in [0.717, 1.165) is 12.1 Å². The number of hydrogen-bond acceptors (Lipinski definition) is 3. The second-order valence-corrected chi connectivity index (χ2v) is 4.42. The third-order valence-corrected chi connectivity index (χ3v) is 2.87. The Hall–Kier alpha value is -2.63. The lowest BCUT2D eigenvalue weighted by molar-refractivity contribution is -0.115. The lowest BCUT2D eigenvalue weighted by Gasteiger charge is -2.11. The predicted octanol–water partition coefficient (Wildman–Crippen LogP) is 2.74. The number of amides is 1. The Kier molecular flexibility index (Phi) is 4.37. The molecule has 0 aromatic heterocycles. The number of halogens is 2. The molecule has 2 aromatic carbocycles. The van der Waals surface area contributed by atoms with Gasteiger partial charge in [-0.25, -0.2) is 8.78 Å². The predicted molar refractivity (Wildman–Crippen MR) is 76.1 cm³/mol. The molecule has 6 heteroatoms. The summed E-state index contributed by atoms with van der Waals surface area (Å²) in [4.78, 5) is 11.9. The Labute approximate surface area is 120 Å². The van der Waals surface area contributed by atoms with Crippen molar-refractivity contribution in [2.24, 2.45) is 0 Å². The second kappa shape index (κ2) is 6.21. The van der Waals surface area contributed by atoms with Gasteiger partial charge in [-0.3, -0.25) is 4.79 Å². The zero-order chi connectivity index (χ0) is 15.4. The summed E-state index contributed by atoms with van der Waals surface area (Å²) in [6.45, 7) is 0. The van der Waals surface area contributed by atoms with Gasteiger partial charge in [-0.2, -0.15) is 0 Å². The van der Waals surface area contributed by atoms with Crippen LogP contribution in [-0.4, -0.2) is 13.0 Å². The van der Waals surface area contributed by atoms with Gasteiger partial charge in [-0.15, -0.1) is 0 Å². The van der Waals surface area contributed by atoms with E-state index in [1.807, 2.05) is 0 Å². The monoisotopic (exact) mass is 292 g/mol. The fourth-order valence-corrected chi connectivity index (χ4v) is 1.84. The molecule has 4 nitrogen and oxygen atoms in total. The third-order valence-electron chi connectivity index (χ3n) is 2.87. The summed E-state index contributed by atoms with van der Waals surface area (Å²) in [5, 5.41) is 2.60. The molecule has 0 radical (unpaired) electrons. The number of nitrogens with two attached hydrogens (primary N) is 1. The molecule has 0 saturated heterocycles. The fraction of sp³-hybridized carbons (Fsp3) is 0.133. The van der Waals surface area contributed by atoms with E-state index in [9.17, 15) is 13.6 Å². The largest absolute Gasteiger partial charge is 0.494 e. The highest BCUT2D eigenvalue weighted by Crippen LogP contribution is 2.26. The topological polar surface area (TPSA) is 64.3 Å². The van der Waals surface area contributed by atoms with E-state index in [1.165, 1.54) is 13.2 Å². The van der Waals surface area contributed by atoms with Gasteiger partial charge in [-0.05, 0) is 23.8 Å². The molecule has 3 N–H and O–H groups in total. The Morgan fingerprint density at radius 3 is 2.67 bits per heavy atom. The van der Waals surface area contributed by atoms with Crippen molar-refractivity contribution in [1.82, 2.24) is 0 Å². The number of hydrogen-bond donors (Lipinski definition) is 2. The molecule has 0 atom stereocenters. The molecule has 0 aliphatic carbocycles. The molecular formula is C15H14F2N2O2. The number of methoxy groups -OCH3 is 1. The van der Waals surface area contributed by atoms with Crippen LogP contribution in [-0.2, 0) is 11.2 Å². The van der Waals surface area contributed by atoms with Crippen molar-refractivity contribution in [3.63, 3.8) is 0 Å². The zero-order valence-electron chi connectivity index (χ0n) is 11.3. The fourth-order valence-electron chi connectivity index (χ4n) is 1.84.